The maximum atomic E-state index is 10.6. The summed E-state index contributed by atoms with van der Waals surface area (Å²) in [6.07, 6.45) is 2.86. The maximum Gasteiger partial charge on any atom is 0.169 e. The standard InChI is InChI=1S/C42H38O10/c43-31-5-1-3-25(17-31)9-13-29-21-41(37(49)23-35(29)47)51-39-19-27(11-15-33(39)45)7-8-28-12-16-34(46)40(20-28)52-42-22-30(36(48)24-38(42)50)14-10-26-4-2-6-32(44)18-26/h1-6,11-12,15-24,43-50H,7-10,13-14H2. The molecular formula is C42H38O10. The summed E-state index contributed by atoms with van der Waals surface area (Å²) in [5.74, 6) is -0.496. The van der Waals surface area contributed by atoms with E-state index < -0.39 is 0 Å². The van der Waals surface area contributed by atoms with E-state index in [2.05, 4.69) is 0 Å². The zero-order chi connectivity index (χ0) is 36.8. The number of aryl methyl sites for hydroxylation is 6. The van der Waals surface area contributed by atoms with Gasteiger partial charge in [0.25, 0.3) is 0 Å². The van der Waals surface area contributed by atoms with E-state index in [0.29, 0.717) is 49.7 Å². The third-order valence-corrected chi connectivity index (χ3v) is 8.70. The van der Waals surface area contributed by atoms with E-state index in [1.54, 1.807) is 60.7 Å². The van der Waals surface area contributed by atoms with Gasteiger partial charge in [-0.2, -0.15) is 0 Å². The Morgan fingerprint density at radius 3 is 1.08 bits per heavy atom. The molecule has 8 N–H and O–H groups in total. The van der Waals surface area contributed by atoms with Crippen molar-refractivity contribution in [1.82, 2.24) is 0 Å². The Morgan fingerprint density at radius 1 is 0.308 bits per heavy atom. The van der Waals surface area contributed by atoms with Crippen LogP contribution in [0, 0.1) is 0 Å². The molecule has 0 atom stereocenters. The van der Waals surface area contributed by atoms with Crippen molar-refractivity contribution in [3.05, 3.63) is 143 Å². The van der Waals surface area contributed by atoms with Crippen molar-refractivity contribution in [1.29, 1.82) is 0 Å². The van der Waals surface area contributed by atoms with Crippen LogP contribution in [0.1, 0.15) is 33.4 Å². The van der Waals surface area contributed by atoms with Gasteiger partial charge in [-0.25, -0.2) is 0 Å². The van der Waals surface area contributed by atoms with E-state index in [1.165, 1.54) is 36.4 Å². The number of ether oxygens (including phenoxy) is 2. The summed E-state index contributed by atoms with van der Waals surface area (Å²) in [7, 11) is 0. The summed E-state index contributed by atoms with van der Waals surface area (Å²) >= 11 is 0. The minimum Gasteiger partial charge on any atom is -0.508 e. The van der Waals surface area contributed by atoms with Gasteiger partial charge in [-0.05, 0) is 133 Å². The third kappa shape index (κ3) is 8.72. The Labute approximate surface area is 299 Å². The molecule has 0 aromatic heterocycles. The second-order valence-electron chi connectivity index (χ2n) is 12.5. The van der Waals surface area contributed by atoms with Gasteiger partial charge < -0.3 is 50.3 Å². The summed E-state index contributed by atoms with van der Waals surface area (Å²) in [5.41, 5.74) is 4.39. The van der Waals surface area contributed by atoms with Crippen LogP contribution in [0.15, 0.2) is 109 Å². The second-order valence-corrected chi connectivity index (χ2v) is 12.5. The normalized spacial score (nSPS) is 11.0. The molecule has 0 bridgehead atoms. The fourth-order valence-electron chi connectivity index (χ4n) is 5.86. The monoisotopic (exact) mass is 702 g/mol. The van der Waals surface area contributed by atoms with Gasteiger partial charge in [-0.3, -0.25) is 0 Å². The van der Waals surface area contributed by atoms with Crippen molar-refractivity contribution in [2.75, 3.05) is 0 Å². The van der Waals surface area contributed by atoms with E-state index >= 15 is 0 Å². The lowest BCUT2D eigenvalue weighted by Crippen LogP contribution is -1.96. The quantitative estimate of drug-likeness (QED) is 0.0584. The van der Waals surface area contributed by atoms with Gasteiger partial charge in [0, 0.05) is 12.1 Å². The second kappa shape index (κ2) is 15.5. The molecule has 0 fully saturated rings. The zero-order valence-corrected chi connectivity index (χ0v) is 28.0. The first-order valence-corrected chi connectivity index (χ1v) is 16.7. The molecule has 0 spiro atoms. The molecule has 10 heteroatoms. The molecule has 6 aromatic rings. The van der Waals surface area contributed by atoms with Gasteiger partial charge in [-0.15, -0.1) is 0 Å². The summed E-state index contributed by atoms with van der Waals surface area (Å²) in [6.45, 7) is 0. The van der Waals surface area contributed by atoms with Crippen LogP contribution in [0.5, 0.6) is 69.0 Å². The summed E-state index contributed by atoms with van der Waals surface area (Å²) in [4.78, 5) is 0. The first-order valence-electron chi connectivity index (χ1n) is 16.7. The Balaban J connectivity index is 1.13. The maximum absolute atomic E-state index is 10.6. The van der Waals surface area contributed by atoms with Crippen LogP contribution in [0.3, 0.4) is 0 Å². The summed E-state index contributed by atoms with van der Waals surface area (Å²) < 4.78 is 11.8. The molecule has 0 radical (unpaired) electrons. The lowest BCUT2D eigenvalue weighted by molar-refractivity contribution is 0.379. The summed E-state index contributed by atoms with van der Waals surface area (Å²) in [6, 6.07) is 28.8. The highest BCUT2D eigenvalue weighted by molar-refractivity contribution is 5.55. The fourth-order valence-corrected chi connectivity index (χ4v) is 5.86. The first-order chi connectivity index (χ1) is 25.0. The number of hydrogen-bond donors (Lipinski definition) is 8. The predicted molar refractivity (Wildman–Crippen MR) is 194 cm³/mol. The van der Waals surface area contributed by atoms with Crippen LogP contribution in [0.4, 0.5) is 0 Å². The number of rotatable bonds is 13. The van der Waals surface area contributed by atoms with Crippen molar-refractivity contribution >= 4 is 0 Å². The molecule has 0 aliphatic heterocycles. The number of aromatic hydroxyl groups is 8. The Bertz CT molecular complexity index is 2050. The largest absolute Gasteiger partial charge is 0.508 e. The summed E-state index contributed by atoms with van der Waals surface area (Å²) in [5, 5.41) is 82.6. The molecule has 0 heterocycles. The minimum absolute atomic E-state index is 0.0523. The molecule has 6 rings (SSSR count). The Kier molecular flexibility index (Phi) is 10.5. The molecule has 0 saturated carbocycles. The molecule has 0 amide bonds. The highest BCUT2D eigenvalue weighted by Crippen LogP contribution is 2.41. The van der Waals surface area contributed by atoms with E-state index in [-0.39, 0.29) is 69.0 Å². The number of benzene rings is 6. The molecule has 0 aliphatic rings. The number of hydrogen-bond acceptors (Lipinski definition) is 10. The molecule has 0 unspecified atom stereocenters. The van der Waals surface area contributed by atoms with Gasteiger partial charge >= 0.3 is 0 Å². The van der Waals surface area contributed by atoms with E-state index in [0.717, 1.165) is 22.3 Å². The smallest absolute Gasteiger partial charge is 0.169 e. The zero-order valence-electron chi connectivity index (χ0n) is 28.0. The van der Waals surface area contributed by atoms with Crippen molar-refractivity contribution in [2.24, 2.45) is 0 Å². The van der Waals surface area contributed by atoms with Crippen LogP contribution in [-0.2, 0) is 38.5 Å². The van der Waals surface area contributed by atoms with Crippen LogP contribution in [0.2, 0.25) is 0 Å². The van der Waals surface area contributed by atoms with E-state index in [1.807, 2.05) is 12.1 Å². The first kappa shape index (κ1) is 35.2. The average Bonchev–Trinajstić information content (AvgIpc) is 3.11. The minimum atomic E-state index is -0.303. The third-order valence-electron chi connectivity index (χ3n) is 8.70. The van der Waals surface area contributed by atoms with Gasteiger partial charge in [0.05, 0.1) is 0 Å². The number of phenolic OH excluding ortho intramolecular Hbond substituents is 8. The Hall–Kier alpha value is -6.68. The topological polar surface area (TPSA) is 180 Å². The van der Waals surface area contributed by atoms with Crippen molar-refractivity contribution < 1.29 is 50.3 Å². The fraction of sp³-hybridized carbons (Fsp3) is 0.143. The number of phenols is 8. The van der Waals surface area contributed by atoms with E-state index in [4.69, 9.17) is 9.47 Å². The average molecular weight is 703 g/mol. The van der Waals surface area contributed by atoms with Crippen molar-refractivity contribution in [3.63, 3.8) is 0 Å². The SMILES string of the molecule is Oc1cccc(CCc2cc(Oc3cc(CCc4ccc(O)c(Oc5cc(CCc6cccc(O)c6)c(O)cc5O)c4)ccc3O)c(O)cc2O)c1. The van der Waals surface area contributed by atoms with Gasteiger partial charge in [0.15, 0.2) is 46.0 Å². The van der Waals surface area contributed by atoms with Crippen LogP contribution in [-0.4, -0.2) is 40.9 Å². The molecular weight excluding hydrogens is 664 g/mol. The molecule has 6 aromatic carbocycles. The van der Waals surface area contributed by atoms with Crippen LogP contribution >= 0.6 is 0 Å². The molecule has 10 nitrogen and oxygen atoms in total. The molecule has 266 valence electrons. The van der Waals surface area contributed by atoms with Crippen molar-refractivity contribution in [2.45, 2.75) is 38.5 Å². The molecule has 0 aliphatic carbocycles. The van der Waals surface area contributed by atoms with Crippen molar-refractivity contribution in [3.8, 4) is 69.0 Å². The highest BCUT2D eigenvalue weighted by Gasteiger charge is 2.16. The van der Waals surface area contributed by atoms with E-state index in [9.17, 15) is 40.9 Å². The van der Waals surface area contributed by atoms with Crippen LogP contribution in [0.25, 0.3) is 0 Å². The van der Waals surface area contributed by atoms with Gasteiger partial charge in [-0.1, -0.05) is 36.4 Å². The lowest BCUT2D eigenvalue weighted by atomic mass is 10.0. The molecule has 52 heavy (non-hydrogen) atoms. The predicted octanol–water partition coefficient (Wildman–Crippen LogP) is 8.27. The Morgan fingerprint density at radius 2 is 0.673 bits per heavy atom. The highest BCUT2D eigenvalue weighted by atomic mass is 16.5. The van der Waals surface area contributed by atoms with Crippen LogP contribution < -0.4 is 9.47 Å². The van der Waals surface area contributed by atoms with Gasteiger partial charge in [0.1, 0.15) is 23.0 Å². The molecule has 0 saturated heterocycles. The lowest BCUT2D eigenvalue weighted by Gasteiger charge is -2.14. The van der Waals surface area contributed by atoms with Gasteiger partial charge in [0.2, 0.25) is 0 Å².